The first kappa shape index (κ1) is 18.8. The standard InChI is InChI=1S/C18H21ClN4O2S/c1-25-14-10-12(20-16-11-15(19)21-18(22-16)26-2)6-7-13(14)17(24)23-8-4-3-5-9-23/h6-7,10-11H,3-5,8-9H2,1-2H3,(H,20,21,22). The molecule has 1 aliphatic heterocycles. The van der Waals surface area contributed by atoms with Crippen molar-refractivity contribution in [3.8, 4) is 5.75 Å². The van der Waals surface area contributed by atoms with Crippen LogP contribution in [0.25, 0.3) is 0 Å². The minimum Gasteiger partial charge on any atom is -0.496 e. The van der Waals surface area contributed by atoms with Gasteiger partial charge in [0.05, 0.1) is 12.7 Å². The summed E-state index contributed by atoms with van der Waals surface area (Å²) in [5.41, 5.74) is 1.34. The highest BCUT2D eigenvalue weighted by Crippen LogP contribution is 2.28. The molecule has 1 saturated heterocycles. The molecule has 0 atom stereocenters. The van der Waals surface area contributed by atoms with E-state index in [0.29, 0.717) is 27.4 Å². The number of carbonyl (C=O) groups is 1. The van der Waals surface area contributed by atoms with Crippen LogP contribution in [-0.4, -0.2) is 47.2 Å². The summed E-state index contributed by atoms with van der Waals surface area (Å²) in [4.78, 5) is 23.1. The van der Waals surface area contributed by atoms with E-state index in [4.69, 9.17) is 16.3 Å². The zero-order valence-corrected chi connectivity index (χ0v) is 16.4. The molecule has 3 rings (SSSR count). The number of likely N-dealkylation sites (tertiary alicyclic amines) is 1. The van der Waals surface area contributed by atoms with Crippen molar-refractivity contribution in [3.05, 3.63) is 35.0 Å². The minimum atomic E-state index is 0.0165. The van der Waals surface area contributed by atoms with Gasteiger partial charge in [-0.3, -0.25) is 4.79 Å². The van der Waals surface area contributed by atoms with Gasteiger partial charge >= 0.3 is 0 Å². The molecule has 26 heavy (non-hydrogen) atoms. The van der Waals surface area contributed by atoms with E-state index >= 15 is 0 Å². The van der Waals surface area contributed by atoms with Gasteiger partial charge in [-0.25, -0.2) is 9.97 Å². The molecule has 0 saturated carbocycles. The number of nitrogens with zero attached hydrogens (tertiary/aromatic N) is 3. The van der Waals surface area contributed by atoms with Crippen LogP contribution in [0.2, 0.25) is 5.15 Å². The maximum atomic E-state index is 12.8. The summed E-state index contributed by atoms with van der Waals surface area (Å²) < 4.78 is 5.45. The Balaban J connectivity index is 1.82. The maximum absolute atomic E-state index is 12.8. The highest BCUT2D eigenvalue weighted by Gasteiger charge is 2.21. The quantitative estimate of drug-likeness (QED) is 0.466. The molecule has 0 radical (unpaired) electrons. The van der Waals surface area contributed by atoms with Gasteiger partial charge < -0.3 is 15.0 Å². The lowest BCUT2D eigenvalue weighted by atomic mass is 10.1. The monoisotopic (exact) mass is 392 g/mol. The van der Waals surface area contributed by atoms with Crippen molar-refractivity contribution in [2.24, 2.45) is 0 Å². The fourth-order valence-electron chi connectivity index (χ4n) is 2.91. The highest BCUT2D eigenvalue weighted by molar-refractivity contribution is 7.98. The lowest BCUT2D eigenvalue weighted by Crippen LogP contribution is -2.35. The van der Waals surface area contributed by atoms with E-state index < -0.39 is 0 Å². The Morgan fingerprint density at radius 2 is 2.00 bits per heavy atom. The molecule has 0 aliphatic carbocycles. The number of hydrogen-bond acceptors (Lipinski definition) is 6. The van der Waals surface area contributed by atoms with Crippen molar-refractivity contribution in [2.45, 2.75) is 24.4 Å². The number of amides is 1. The third-order valence-corrected chi connectivity index (χ3v) is 4.95. The number of rotatable bonds is 5. The Hall–Kier alpha value is -1.99. The van der Waals surface area contributed by atoms with Gasteiger partial charge in [0.2, 0.25) is 0 Å². The van der Waals surface area contributed by atoms with E-state index in [2.05, 4.69) is 15.3 Å². The summed E-state index contributed by atoms with van der Waals surface area (Å²) in [5, 5.41) is 4.14. The van der Waals surface area contributed by atoms with Gasteiger partial charge in [0.15, 0.2) is 5.16 Å². The highest BCUT2D eigenvalue weighted by atomic mass is 35.5. The summed E-state index contributed by atoms with van der Waals surface area (Å²) in [6.07, 6.45) is 5.18. The Kier molecular flexibility index (Phi) is 6.21. The molecule has 1 N–H and O–H groups in total. The number of halogens is 1. The van der Waals surface area contributed by atoms with E-state index in [1.807, 2.05) is 17.2 Å². The van der Waals surface area contributed by atoms with Crippen LogP contribution in [0.1, 0.15) is 29.6 Å². The molecule has 0 unspecified atom stereocenters. The third kappa shape index (κ3) is 4.40. The van der Waals surface area contributed by atoms with Gasteiger partial charge in [-0.15, -0.1) is 0 Å². The van der Waals surface area contributed by atoms with Crippen molar-refractivity contribution in [1.82, 2.24) is 14.9 Å². The summed E-state index contributed by atoms with van der Waals surface area (Å²) >= 11 is 7.44. The second-order valence-electron chi connectivity index (χ2n) is 5.96. The normalized spacial score (nSPS) is 14.2. The molecule has 6 nitrogen and oxygen atoms in total. The number of piperidine rings is 1. The predicted octanol–water partition coefficient (Wildman–Crippen LogP) is 4.23. The summed E-state index contributed by atoms with van der Waals surface area (Å²) in [6, 6.07) is 7.08. The van der Waals surface area contributed by atoms with Gasteiger partial charge in [-0.1, -0.05) is 23.4 Å². The van der Waals surface area contributed by atoms with Crippen LogP contribution in [0.4, 0.5) is 11.5 Å². The number of methoxy groups -OCH3 is 1. The van der Waals surface area contributed by atoms with Crippen LogP contribution < -0.4 is 10.1 Å². The van der Waals surface area contributed by atoms with Crippen molar-refractivity contribution in [1.29, 1.82) is 0 Å². The minimum absolute atomic E-state index is 0.0165. The SMILES string of the molecule is COc1cc(Nc2cc(Cl)nc(SC)n2)ccc1C(=O)N1CCCCC1. The molecule has 0 spiro atoms. The van der Waals surface area contributed by atoms with Crippen LogP contribution in [0.3, 0.4) is 0 Å². The molecule has 1 amide bonds. The number of hydrogen-bond donors (Lipinski definition) is 1. The van der Waals surface area contributed by atoms with E-state index in [9.17, 15) is 4.79 Å². The molecule has 1 fully saturated rings. The lowest BCUT2D eigenvalue weighted by molar-refractivity contribution is 0.0721. The lowest BCUT2D eigenvalue weighted by Gasteiger charge is -2.27. The van der Waals surface area contributed by atoms with E-state index in [-0.39, 0.29) is 5.91 Å². The molecule has 0 bridgehead atoms. The molecule has 8 heteroatoms. The number of nitrogens with one attached hydrogen (secondary N) is 1. The Bertz CT molecular complexity index is 797. The molecule has 2 aromatic rings. The summed E-state index contributed by atoms with van der Waals surface area (Å²) in [6.45, 7) is 1.61. The number of benzene rings is 1. The van der Waals surface area contributed by atoms with E-state index in [0.717, 1.165) is 31.6 Å². The second-order valence-corrected chi connectivity index (χ2v) is 7.12. The van der Waals surface area contributed by atoms with E-state index in [1.54, 1.807) is 25.3 Å². The van der Waals surface area contributed by atoms with Crippen molar-refractivity contribution >= 4 is 40.8 Å². The number of thioether (sulfide) groups is 1. The first-order chi connectivity index (χ1) is 12.6. The fourth-order valence-corrected chi connectivity index (χ4v) is 3.53. The molecule has 1 aromatic heterocycles. The van der Waals surface area contributed by atoms with Crippen molar-refractivity contribution < 1.29 is 9.53 Å². The number of anilines is 2. The fraction of sp³-hybridized carbons (Fsp3) is 0.389. The summed E-state index contributed by atoms with van der Waals surface area (Å²) in [5.74, 6) is 1.14. The average Bonchev–Trinajstić information content (AvgIpc) is 2.67. The van der Waals surface area contributed by atoms with Crippen LogP contribution >= 0.6 is 23.4 Å². The largest absolute Gasteiger partial charge is 0.496 e. The molecular weight excluding hydrogens is 372 g/mol. The average molecular weight is 393 g/mol. The number of carbonyl (C=O) groups excluding carboxylic acids is 1. The molecular formula is C18H21ClN4O2S. The van der Waals surface area contributed by atoms with E-state index in [1.165, 1.54) is 18.2 Å². The molecule has 1 aliphatic rings. The van der Waals surface area contributed by atoms with Crippen LogP contribution in [0.15, 0.2) is 29.4 Å². The number of ether oxygens (including phenoxy) is 1. The third-order valence-electron chi connectivity index (χ3n) is 4.20. The van der Waals surface area contributed by atoms with Gasteiger partial charge in [-0.2, -0.15) is 0 Å². The van der Waals surface area contributed by atoms with Gasteiger partial charge in [0, 0.05) is 30.9 Å². The Morgan fingerprint density at radius 3 is 2.69 bits per heavy atom. The van der Waals surface area contributed by atoms with Crippen molar-refractivity contribution in [3.63, 3.8) is 0 Å². The molecule has 1 aromatic carbocycles. The predicted molar refractivity (Wildman–Crippen MR) is 105 cm³/mol. The second kappa shape index (κ2) is 8.60. The zero-order chi connectivity index (χ0) is 18.5. The molecule has 2 heterocycles. The van der Waals surface area contributed by atoms with Crippen LogP contribution in [0.5, 0.6) is 5.75 Å². The Morgan fingerprint density at radius 1 is 1.23 bits per heavy atom. The Labute approximate surface area is 162 Å². The topological polar surface area (TPSA) is 67.3 Å². The molecule has 138 valence electrons. The zero-order valence-electron chi connectivity index (χ0n) is 14.8. The van der Waals surface area contributed by atoms with Crippen LogP contribution in [-0.2, 0) is 0 Å². The smallest absolute Gasteiger partial charge is 0.257 e. The maximum Gasteiger partial charge on any atom is 0.257 e. The first-order valence-electron chi connectivity index (χ1n) is 8.43. The first-order valence-corrected chi connectivity index (χ1v) is 10.0. The van der Waals surface area contributed by atoms with Crippen LogP contribution in [0, 0.1) is 0 Å². The van der Waals surface area contributed by atoms with Gasteiger partial charge in [0.25, 0.3) is 5.91 Å². The summed E-state index contributed by atoms with van der Waals surface area (Å²) in [7, 11) is 1.57. The number of aromatic nitrogens is 2. The van der Waals surface area contributed by atoms with Crippen molar-refractivity contribution in [2.75, 3.05) is 31.8 Å². The van der Waals surface area contributed by atoms with Gasteiger partial charge in [-0.05, 0) is 37.7 Å². The van der Waals surface area contributed by atoms with Gasteiger partial charge in [0.1, 0.15) is 16.7 Å².